The van der Waals surface area contributed by atoms with Crippen molar-refractivity contribution >= 4 is 22.5 Å². The van der Waals surface area contributed by atoms with E-state index in [0.717, 1.165) is 16.6 Å². The van der Waals surface area contributed by atoms with Crippen LogP contribution in [0.15, 0.2) is 30.5 Å². The van der Waals surface area contributed by atoms with Gasteiger partial charge in [0.2, 0.25) is 0 Å². The maximum Gasteiger partial charge on any atom is 0.252 e. The van der Waals surface area contributed by atoms with Crippen LogP contribution in [0.5, 0.6) is 0 Å². The van der Waals surface area contributed by atoms with Crippen LogP contribution in [-0.4, -0.2) is 25.0 Å². The van der Waals surface area contributed by atoms with Crippen molar-refractivity contribution in [3.05, 3.63) is 36.0 Å². The number of carbonyl (C=O) groups excluding carboxylic acids is 1. The highest BCUT2D eigenvalue weighted by atomic mass is 16.1. The monoisotopic (exact) mass is 215 g/mol. The molecule has 0 spiro atoms. The Hall–Kier alpha value is -2.10. The summed E-state index contributed by atoms with van der Waals surface area (Å²) < 4.78 is 0. The quantitative estimate of drug-likeness (QED) is 0.823. The topological polar surface area (TPSA) is 59.2 Å². The van der Waals surface area contributed by atoms with Crippen LogP contribution in [-0.2, 0) is 0 Å². The van der Waals surface area contributed by atoms with Crippen LogP contribution < -0.4 is 10.6 Å². The molecule has 0 radical (unpaired) electrons. The van der Waals surface area contributed by atoms with Gasteiger partial charge in [-0.3, -0.25) is 9.78 Å². The zero-order chi connectivity index (χ0) is 11.7. The van der Waals surface area contributed by atoms with Gasteiger partial charge in [0.15, 0.2) is 0 Å². The lowest BCUT2D eigenvalue weighted by molar-refractivity contribution is 0.100. The summed E-state index contributed by atoms with van der Waals surface area (Å²) in [6.07, 6.45) is 1.53. The van der Waals surface area contributed by atoms with Crippen molar-refractivity contribution in [1.29, 1.82) is 0 Å². The minimum absolute atomic E-state index is 0.448. The Bertz CT molecular complexity index is 549. The summed E-state index contributed by atoms with van der Waals surface area (Å²) in [5, 5.41) is 0.934. The number of nitrogens with two attached hydrogens (primary N) is 1. The fourth-order valence-electron chi connectivity index (χ4n) is 1.79. The van der Waals surface area contributed by atoms with Gasteiger partial charge in [-0.2, -0.15) is 0 Å². The Morgan fingerprint density at radius 3 is 2.62 bits per heavy atom. The molecule has 0 saturated heterocycles. The minimum atomic E-state index is -0.457. The summed E-state index contributed by atoms with van der Waals surface area (Å²) in [6, 6.07) is 7.68. The predicted octanol–water partition coefficient (Wildman–Crippen LogP) is 1.40. The van der Waals surface area contributed by atoms with Gasteiger partial charge in [0.25, 0.3) is 5.91 Å². The molecule has 1 aromatic carbocycles. The molecular weight excluding hydrogens is 202 g/mol. The first kappa shape index (κ1) is 10.4. The van der Waals surface area contributed by atoms with E-state index in [1.807, 2.05) is 43.3 Å². The first-order valence-corrected chi connectivity index (χ1v) is 4.96. The van der Waals surface area contributed by atoms with E-state index in [0.29, 0.717) is 5.56 Å². The zero-order valence-corrected chi connectivity index (χ0v) is 9.27. The lowest BCUT2D eigenvalue weighted by Gasteiger charge is -2.17. The smallest absolute Gasteiger partial charge is 0.252 e. The highest BCUT2D eigenvalue weighted by Gasteiger charge is 2.13. The fraction of sp³-hybridized carbons (Fsp3) is 0.167. The van der Waals surface area contributed by atoms with Gasteiger partial charge in [-0.25, -0.2) is 0 Å². The van der Waals surface area contributed by atoms with E-state index in [2.05, 4.69) is 4.98 Å². The molecule has 0 aliphatic rings. The second-order valence-corrected chi connectivity index (χ2v) is 3.80. The second-order valence-electron chi connectivity index (χ2n) is 3.80. The van der Waals surface area contributed by atoms with Gasteiger partial charge < -0.3 is 10.6 Å². The van der Waals surface area contributed by atoms with E-state index in [1.165, 1.54) is 6.20 Å². The molecule has 2 N–H and O–H groups in total. The first-order valence-electron chi connectivity index (χ1n) is 4.96. The highest BCUT2D eigenvalue weighted by molar-refractivity contribution is 6.06. The summed E-state index contributed by atoms with van der Waals surface area (Å²) in [5.41, 5.74) is 7.46. The molecule has 16 heavy (non-hydrogen) atoms. The van der Waals surface area contributed by atoms with Crippen LogP contribution in [0.4, 0.5) is 5.69 Å². The SMILES string of the molecule is CN(C)c1c(C(N)=O)cnc2ccccc12. The molecular formula is C12H13N3O. The second kappa shape index (κ2) is 3.81. The Kier molecular flexibility index (Phi) is 2.48. The third-order valence-electron chi connectivity index (χ3n) is 2.46. The van der Waals surface area contributed by atoms with Crippen molar-refractivity contribution in [2.45, 2.75) is 0 Å². The van der Waals surface area contributed by atoms with Crippen molar-refractivity contribution in [1.82, 2.24) is 4.98 Å². The van der Waals surface area contributed by atoms with Gasteiger partial charge in [0.05, 0.1) is 16.8 Å². The lowest BCUT2D eigenvalue weighted by atomic mass is 10.1. The largest absolute Gasteiger partial charge is 0.376 e. The Morgan fingerprint density at radius 2 is 2.00 bits per heavy atom. The molecule has 0 saturated carbocycles. The molecule has 82 valence electrons. The van der Waals surface area contributed by atoms with Crippen molar-refractivity contribution in [2.75, 3.05) is 19.0 Å². The van der Waals surface area contributed by atoms with Crippen LogP contribution in [0.2, 0.25) is 0 Å². The van der Waals surface area contributed by atoms with Gasteiger partial charge >= 0.3 is 0 Å². The number of rotatable bonds is 2. The number of carbonyl (C=O) groups is 1. The minimum Gasteiger partial charge on any atom is -0.376 e. The molecule has 0 unspecified atom stereocenters. The van der Waals surface area contributed by atoms with Crippen LogP contribution >= 0.6 is 0 Å². The number of aromatic nitrogens is 1. The van der Waals surface area contributed by atoms with E-state index in [1.54, 1.807) is 0 Å². The summed E-state index contributed by atoms with van der Waals surface area (Å²) in [6.45, 7) is 0. The average molecular weight is 215 g/mol. The molecule has 1 heterocycles. The number of pyridine rings is 1. The first-order chi connectivity index (χ1) is 7.61. The molecule has 0 fully saturated rings. The number of para-hydroxylation sites is 1. The molecule has 2 rings (SSSR count). The number of hydrogen-bond acceptors (Lipinski definition) is 3. The van der Waals surface area contributed by atoms with Crippen molar-refractivity contribution < 1.29 is 4.79 Å². The number of nitrogens with zero attached hydrogens (tertiary/aromatic N) is 2. The number of anilines is 1. The Balaban J connectivity index is 2.84. The molecule has 4 nitrogen and oxygen atoms in total. The van der Waals surface area contributed by atoms with E-state index in [9.17, 15) is 4.79 Å². The molecule has 0 aliphatic heterocycles. The zero-order valence-electron chi connectivity index (χ0n) is 9.27. The Morgan fingerprint density at radius 1 is 1.31 bits per heavy atom. The van der Waals surface area contributed by atoms with Crippen LogP contribution in [0.1, 0.15) is 10.4 Å². The summed E-state index contributed by atoms with van der Waals surface area (Å²) in [4.78, 5) is 17.4. The standard InChI is InChI=1S/C12H13N3O/c1-15(2)11-8-5-3-4-6-10(8)14-7-9(11)12(13)16/h3-7H,1-2H3,(H2,13,16). The normalized spacial score (nSPS) is 10.4. The van der Waals surface area contributed by atoms with Crippen LogP contribution in [0.3, 0.4) is 0 Å². The number of primary amides is 1. The third-order valence-corrected chi connectivity index (χ3v) is 2.46. The highest BCUT2D eigenvalue weighted by Crippen LogP contribution is 2.27. The van der Waals surface area contributed by atoms with E-state index in [4.69, 9.17) is 5.73 Å². The lowest BCUT2D eigenvalue weighted by Crippen LogP contribution is -2.19. The summed E-state index contributed by atoms with van der Waals surface area (Å²) in [7, 11) is 3.77. The average Bonchev–Trinajstić information content (AvgIpc) is 2.27. The number of amides is 1. The van der Waals surface area contributed by atoms with Gasteiger partial charge in [0.1, 0.15) is 0 Å². The van der Waals surface area contributed by atoms with E-state index < -0.39 is 5.91 Å². The number of fused-ring (bicyclic) bond motifs is 1. The van der Waals surface area contributed by atoms with Crippen LogP contribution in [0.25, 0.3) is 10.9 Å². The van der Waals surface area contributed by atoms with Gasteiger partial charge in [-0.1, -0.05) is 18.2 Å². The number of benzene rings is 1. The maximum atomic E-state index is 11.3. The molecule has 0 atom stereocenters. The molecule has 1 amide bonds. The van der Waals surface area contributed by atoms with Crippen molar-refractivity contribution in [3.8, 4) is 0 Å². The fourth-order valence-corrected chi connectivity index (χ4v) is 1.79. The van der Waals surface area contributed by atoms with Crippen molar-refractivity contribution in [2.24, 2.45) is 5.73 Å². The summed E-state index contributed by atoms with van der Waals surface area (Å²) in [5.74, 6) is -0.457. The predicted molar refractivity (Wildman–Crippen MR) is 64.6 cm³/mol. The molecule has 0 aliphatic carbocycles. The van der Waals surface area contributed by atoms with Gasteiger partial charge in [0, 0.05) is 25.7 Å². The maximum absolute atomic E-state index is 11.3. The van der Waals surface area contributed by atoms with Crippen molar-refractivity contribution in [3.63, 3.8) is 0 Å². The van der Waals surface area contributed by atoms with E-state index >= 15 is 0 Å². The van der Waals surface area contributed by atoms with Crippen LogP contribution in [0, 0.1) is 0 Å². The molecule has 0 bridgehead atoms. The molecule has 2 aromatic rings. The van der Waals surface area contributed by atoms with E-state index in [-0.39, 0.29) is 0 Å². The third kappa shape index (κ3) is 1.58. The number of hydrogen-bond donors (Lipinski definition) is 1. The molecule has 4 heteroatoms. The summed E-state index contributed by atoms with van der Waals surface area (Å²) >= 11 is 0. The Labute approximate surface area is 93.7 Å². The molecule has 1 aromatic heterocycles. The van der Waals surface area contributed by atoms with Gasteiger partial charge in [-0.15, -0.1) is 0 Å². The van der Waals surface area contributed by atoms with Gasteiger partial charge in [-0.05, 0) is 6.07 Å².